The maximum atomic E-state index is 12.0. The molecule has 3 aromatic rings. The summed E-state index contributed by atoms with van der Waals surface area (Å²) in [6.07, 6.45) is 3.09. The molecule has 3 N–H and O–H groups in total. The highest BCUT2D eigenvalue weighted by atomic mass is 32.1. The van der Waals surface area contributed by atoms with Gasteiger partial charge in [-0.3, -0.25) is 14.8 Å². The van der Waals surface area contributed by atoms with Crippen molar-refractivity contribution < 1.29 is 4.79 Å². The largest absolute Gasteiger partial charge is 0.347 e. The predicted molar refractivity (Wildman–Crippen MR) is 81.1 cm³/mol. The summed E-state index contributed by atoms with van der Waals surface area (Å²) in [6.45, 7) is 0.277. The molecular weight excluding hydrogens is 288 g/mol. The Bertz CT molecular complexity index is 869. The molecule has 7 heteroatoms. The number of benzene rings is 1. The first-order valence-corrected chi connectivity index (χ1v) is 7.05. The van der Waals surface area contributed by atoms with E-state index in [1.807, 2.05) is 24.3 Å². The summed E-state index contributed by atoms with van der Waals surface area (Å²) in [5.41, 5.74) is 2.57. The Morgan fingerprint density at radius 2 is 2.14 bits per heavy atom. The molecule has 0 spiro atoms. The van der Waals surface area contributed by atoms with Crippen LogP contribution in [0.4, 0.5) is 0 Å². The average molecular weight is 300 g/mol. The van der Waals surface area contributed by atoms with Gasteiger partial charge in [-0.25, -0.2) is 15.6 Å². The fraction of sp³-hybridized carbons (Fsp3) is 0.0714. The second-order valence-electron chi connectivity index (χ2n) is 4.41. The van der Waals surface area contributed by atoms with Crippen LogP contribution in [0.25, 0.3) is 10.1 Å². The van der Waals surface area contributed by atoms with Crippen molar-refractivity contribution in [1.29, 1.82) is 0 Å². The Hall–Kier alpha value is -2.51. The third kappa shape index (κ3) is 2.44. The first-order valence-electron chi connectivity index (χ1n) is 6.23. The smallest absolute Gasteiger partial charge is 0.295 e. The van der Waals surface area contributed by atoms with Crippen LogP contribution in [0, 0.1) is 0 Å². The van der Waals surface area contributed by atoms with Gasteiger partial charge in [-0.1, -0.05) is 18.2 Å². The molecule has 0 aliphatic heterocycles. The molecule has 1 aromatic carbocycles. The Labute approximate surface area is 123 Å². The SMILES string of the molecule is NNC(=O)c1sc2ccccc2c1Cn1cccnc1=O. The van der Waals surface area contributed by atoms with Gasteiger partial charge in [-0.15, -0.1) is 11.3 Å². The summed E-state index contributed by atoms with van der Waals surface area (Å²) in [4.78, 5) is 27.9. The van der Waals surface area contributed by atoms with Gasteiger partial charge in [-0.05, 0) is 17.5 Å². The Balaban J connectivity index is 2.18. The quantitative estimate of drug-likeness (QED) is 0.431. The number of fused-ring (bicyclic) bond motifs is 1. The van der Waals surface area contributed by atoms with Gasteiger partial charge in [0, 0.05) is 22.7 Å². The fourth-order valence-electron chi connectivity index (χ4n) is 2.18. The van der Waals surface area contributed by atoms with Gasteiger partial charge in [-0.2, -0.15) is 0 Å². The van der Waals surface area contributed by atoms with Crippen molar-refractivity contribution >= 4 is 27.3 Å². The molecule has 0 aliphatic carbocycles. The van der Waals surface area contributed by atoms with E-state index < -0.39 is 0 Å². The van der Waals surface area contributed by atoms with E-state index in [2.05, 4.69) is 10.4 Å². The zero-order valence-corrected chi connectivity index (χ0v) is 11.8. The minimum absolute atomic E-state index is 0.277. The number of thiophene rings is 1. The van der Waals surface area contributed by atoms with Crippen LogP contribution < -0.4 is 17.0 Å². The summed E-state index contributed by atoms with van der Waals surface area (Å²) >= 11 is 1.35. The third-order valence-electron chi connectivity index (χ3n) is 3.15. The number of nitrogens with one attached hydrogen (secondary N) is 1. The van der Waals surface area contributed by atoms with Crippen LogP contribution in [0.2, 0.25) is 0 Å². The van der Waals surface area contributed by atoms with Crippen LogP contribution in [0.15, 0.2) is 47.5 Å². The topological polar surface area (TPSA) is 90.0 Å². The van der Waals surface area contributed by atoms with E-state index in [0.29, 0.717) is 4.88 Å². The van der Waals surface area contributed by atoms with Crippen LogP contribution in [-0.4, -0.2) is 15.5 Å². The average Bonchev–Trinajstić information content (AvgIpc) is 2.88. The van der Waals surface area contributed by atoms with Gasteiger partial charge >= 0.3 is 5.69 Å². The van der Waals surface area contributed by atoms with E-state index in [-0.39, 0.29) is 18.1 Å². The van der Waals surface area contributed by atoms with Gasteiger partial charge in [0.2, 0.25) is 0 Å². The third-order valence-corrected chi connectivity index (χ3v) is 4.36. The summed E-state index contributed by atoms with van der Waals surface area (Å²) < 4.78 is 2.44. The van der Waals surface area contributed by atoms with Crippen molar-refractivity contribution in [2.24, 2.45) is 5.84 Å². The van der Waals surface area contributed by atoms with Crippen molar-refractivity contribution in [2.45, 2.75) is 6.54 Å². The summed E-state index contributed by atoms with van der Waals surface area (Å²) in [7, 11) is 0. The molecule has 0 bridgehead atoms. The van der Waals surface area contributed by atoms with Crippen molar-refractivity contribution in [3.63, 3.8) is 0 Å². The van der Waals surface area contributed by atoms with E-state index in [9.17, 15) is 9.59 Å². The van der Waals surface area contributed by atoms with Gasteiger partial charge in [0.05, 0.1) is 11.4 Å². The van der Waals surface area contributed by atoms with E-state index in [0.717, 1.165) is 15.6 Å². The van der Waals surface area contributed by atoms with Gasteiger partial charge in [0.25, 0.3) is 5.91 Å². The van der Waals surface area contributed by atoms with Crippen molar-refractivity contribution in [1.82, 2.24) is 15.0 Å². The summed E-state index contributed by atoms with van der Waals surface area (Å²) in [5, 5.41) is 0.942. The maximum Gasteiger partial charge on any atom is 0.347 e. The zero-order chi connectivity index (χ0) is 14.8. The number of hydrazine groups is 1. The maximum absolute atomic E-state index is 12.0. The molecule has 1 amide bonds. The van der Waals surface area contributed by atoms with E-state index in [1.165, 1.54) is 22.1 Å². The number of carbonyl (C=O) groups excluding carboxylic acids is 1. The van der Waals surface area contributed by atoms with E-state index in [4.69, 9.17) is 5.84 Å². The molecule has 0 saturated heterocycles. The van der Waals surface area contributed by atoms with Gasteiger partial charge < -0.3 is 0 Å². The zero-order valence-electron chi connectivity index (χ0n) is 10.9. The highest BCUT2D eigenvalue weighted by Gasteiger charge is 2.18. The number of rotatable bonds is 3. The lowest BCUT2D eigenvalue weighted by molar-refractivity contribution is 0.0957. The molecule has 2 aromatic heterocycles. The number of carbonyl (C=O) groups is 1. The highest BCUT2D eigenvalue weighted by Crippen LogP contribution is 2.31. The molecule has 0 radical (unpaired) electrons. The number of amides is 1. The number of aromatic nitrogens is 2. The number of nitrogens with two attached hydrogens (primary N) is 1. The molecule has 0 aliphatic rings. The molecule has 0 fully saturated rings. The highest BCUT2D eigenvalue weighted by molar-refractivity contribution is 7.21. The molecule has 21 heavy (non-hydrogen) atoms. The Morgan fingerprint density at radius 1 is 1.33 bits per heavy atom. The van der Waals surface area contributed by atoms with Crippen LogP contribution in [-0.2, 0) is 6.54 Å². The lowest BCUT2D eigenvalue weighted by Gasteiger charge is -2.06. The van der Waals surface area contributed by atoms with Crippen molar-refractivity contribution in [3.8, 4) is 0 Å². The monoisotopic (exact) mass is 300 g/mol. The molecule has 6 nitrogen and oxygen atoms in total. The Morgan fingerprint density at radius 3 is 2.90 bits per heavy atom. The van der Waals surface area contributed by atoms with Crippen LogP contribution in [0.1, 0.15) is 15.2 Å². The number of hydrogen-bond donors (Lipinski definition) is 2. The molecule has 0 saturated carbocycles. The number of nitrogen functional groups attached to an aromatic ring is 1. The van der Waals surface area contributed by atoms with Crippen molar-refractivity contribution in [3.05, 3.63) is 63.7 Å². The molecule has 106 valence electrons. The number of hydrogen-bond acceptors (Lipinski definition) is 5. The number of nitrogens with zero attached hydrogens (tertiary/aromatic N) is 2. The molecule has 3 rings (SSSR count). The Kier molecular flexibility index (Phi) is 3.51. The van der Waals surface area contributed by atoms with E-state index >= 15 is 0 Å². The van der Waals surface area contributed by atoms with E-state index in [1.54, 1.807) is 12.3 Å². The van der Waals surface area contributed by atoms with Crippen LogP contribution in [0.3, 0.4) is 0 Å². The van der Waals surface area contributed by atoms with Gasteiger partial charge in [0.15, 0.2) is 0 Å². The summed E-state index contributed by atoms with van der Waals surface area (Å²) in [5.74, 6) is 4.89. The lowest BCUT2D eigenvalue weighted by atomic mass is 10.1. The standard InChI is InChI=1S/C14H12N4O2S/c15-17-13(19)12-10(8-18-7-3-6-16-14(18)20)9-4-1-2-5-11(9)21-12/h1-7H,8,15H2,(H,17,19). The van der Waals surface area contributed by atoms with Crippen LogP contribution >= 0.6 is 11.3 Å². The van der Waals surface area contributed by atoms with Crippen molar-refractivity contribution in [2.75, 3.05) is 0 Å². The molecular formula is C14H12N4O2S. The minimum atomic E-state index is -0.358. The van der Waals surface area contributed by atoms with Crippen LogP contribution in [0.5, 0.6) is 0 Å². The molecule has 0 unspecified atom stereocenters. The second-order valence-corrected chi connectivity index (χ2v) is 5.46. The first kappa shape index (κ1) is 13.5. The van der Waals surface area contributed by atoms with Gasteiger partial charge in [0.1, 0.15) is 0 Å². The fourth-order valence-corrected chi connectivity index (χ4v) is 3.30. The first-order chi connectivity index (χ1) is 10.2. The second kappa shape index (κ2) is 5.47. The summed E-state index contributed by atoms with van der Waals surface area (Å²) in [6, 6.07) is 9.34. The molecule has 0 atom stereocenters. The molecule has 2 heterocycles. The lowest BCUT2D eigenvalue weighted by Crippen LogP contribution is -2.30. The predicted octanol–water partition coefficient (Wildman–Crippen LogP) is 1.11. The minimum Gasteiger partial charge on any atom is -0.295 e. The normalized spacial score (nSPS) is 10.7.